The van der Waals surface area contributed by atoms with E-state index in [0.717, 1.165) is 24.2 Å². The molecular weight excluding hydrogens is 124 g/mol. The maximum Gasteiger partial charge on any atom is 0.0927 e. The van der Waals surface area contributed by atoms with Crippen molar-refractivity contribution in [2.24, 2.45) is 0 Å². The maximum atomic E-state index is 4.97. The average Bonchev–Trinajstić information content (AvgIpc) is 1.88. The third-order valence-corrected chi connectivity index (χ3v) is 1.30. The van der Waals surface area contributed by atoms with Gasteiger partial charge in [0.05, 0.1) is 12.9 Å². The lowest BCUT2D eigenvalue weighted by Crippen LogP contribution is -1.81. The van der Waals surface area contributed by atoms with Gasteiger partial charge in [-0.15, -0.1) is 0 Å². The molecule has 0 saturated carbocycles. The molecule has 0 atom stereocenters. The number of hydrogen-bond donors (Lipinski definition) is 0. The van der Waals surface area contributed by atoms with E-state index in [1.54, 1.807) is 7.11 Å². The third-order valence-electron chi connectivity index (χ3n) is 1.30. The van der Waals surface area contributed by atoms with Crippen LogP contribution in [0.4, 0.5) is 0 Å². The van der Waals surface area contributed by atoms with Crippen LogP contribution in [-0.2, 0) is 4.74 Å². The largest absolute Gasteiger partial charge is 0.501 e. The van der Waals surface area contributed by atoms with Crippen molar-refractivity contribution < 1.29 is 4.74 Å². The summed E-state index contributed by atoms with van der Waals surface area (Å²) in [4.78, 5) is 0. The molecule has 0 N–H and O–H groups in total. The van der Waals surface area contributed by atoms with Crippen molar-refractivity contribution in [3.8, 4) is 0 Å². The van der Waals surface area contributed by atoms with E-state index in [-0.39, 0.29) is 0 Å². The quantitative estimate of drug-likeness (QED) is 0.431. The summed E-state index contributed by atoms with van der Waals surface area (Å²) in [5.41, 5.74) is 1.14. The van der Waals surface area contributed by atoms with Gasteiger partial charge < -0.3 is 4.74 Å². The van der Waals surface area contributed by atoms with Crippen molar-refractivity contribution in [3.05, 3.63) is 24.0 Å². The first-order valence-electron chi connectivity index (χ1n) is 3.60. The zero-order chi connectivity index (χ0) is 7.98. The van der Waals surface area contributed by atoms with Crippen LogP contribution >= 0.6 is 0 Å². The van der Waals surface area contributed by atoms with Crippen LogP contribution in [0.3, 0.4) is 0 Å². The van der Waals surface area contributed by atoms with Gasteiger partial charge in [-0.1, -0.05) is 25.5 Å². The molecule has 0 spiro atoms. The molecule has 0 aliphatic heterocycles. The summed E-state index contributed by atoms with van der Waals surface area (Å²) in [6, 6.07) is 0. The summed E-state index contributed by atoms with van der Waals surface area (Å²) in [6.07, 6.45) is 4.18. The number of ether oxygens (including phenoxy) is 1. The fourth-order valence-electron chi connectivity index (χ4n) is 0.740. The molecule has 1 nitrogen and oxygen atoms in total. The molecule has 0 rings (SSSR count). The van der Waals surface area contributed by atoms with Gasteiger partial charge in [-0.25, -0.2) is 0 Å². The highest BCUT2D eigenvalue weighted by Gasteiger charge is 1.88. The highest BCUT2D eigenvalue weighted by molar-refractivity contribution is 5.16. The molecule has 0 aromatic carbocycles. The maximum absolute atomic E-state index is 4.97. The van der Waals surface area contributed by atoms with E-state index >= 15 is 0 Å². The topological polar surface area (TPSA) is 9.23 Å². The summed E-state index contributed by atoms with van der Waals surface area (Å²) < 4.78 is 4.97. The molecular formula is C9H16O. The Morgan fingerprint density at radius 2 is 2.20 bits per heavy atom. The zero-order valence-corrected chi connectivity index (χ0v) is 7.11. The van der Waals surface area contributed by atoms with Crippen LogP contribution in [-0.4, -0.2) is 7.11 Å². The lowest BCUT2D eigenvalue weighted by Gasteiger charge is -1.99. The van der Waals surface area contributed by atoms with E-state index < -0.39 is 0 Å². The van der Waals surface area contributed by atoms with E-state index in [1.807, 2.05) is 13.0 Å². The Hall–Kier alpha value is -0.720. The smallest absolute Gasteiger partial charge is 0.0927 e. The minimum atomic E-state index is 0.929. The molecule has 0 aliphatic carbocycles. The first-order chi connectivity index (χ1) is 4.70. The number of methoxy groups -OCH3 is 1. The van der Waals surface area contributed by atoms with Crippen LogP contribution < -0.4 is 0 Å². The van der Waals surface area contributed by atoms with Gasteiger partial charge in [-0.3, -0.25) is 0 Å². The molecule has 10 heavy (non-hydrogen) atoms. The second kappa shape index (κ2) is 5.10. The average molecular weight is 140 g/mol. The fraction of sp³-hybridized carbons (Fsp3) is 0.556. The van der Waals surface area contributed by atoms with Crippen molar-refractivity contribution in [1.29, 1.82) is 0 Å². The second-order valence-corrected chi connectivity index (χ2v) is 2.37. The van der Waals surface area contributed by atoms with Gasteiger partial charge in [0.1, 0.15) is 0 Å². The van der Waals surface area contributed by atoms with Gasteiger partial charge in [0, 0.05) is 0 Å². The van der Waals surface area contributed by atoms with Crippen molar-refractivity contribution in [3.63, 3.8) is 0 Å². The Labute approximate surface area is 63.4 Å². The summed E-state index contributed by atoms with van der Waals surface area (Å²) in [5, 5.41) is 0. The van der Waals surface area contributed by atoms with E-state index in [1.165, 1.54) is 0 Å². The summed E-state index contributed by atoms with van der Waals surface area (Å²) >= 11 is 0. The Bertz CT molecular complexity index is 134. The van der Waals surface area contributed by atoms with Crippen molar-refractivity contribution >= 4 is 0 Å². The molecule has 0 heterocycles. The Morgan fingerprint density at radius 1 is 1.60 bits per heavy atom. The van der Waals surface area contributed by atoms with Crippen molar-refractivity contribution in [2.45, 2.75) is 26.7 Å². The predicted octanol–water partition coefficient (Wildman–Crippen LogP) is 2.89. The van der Waals surface area contributed by atoms with E-state index in [4.69, 9.17) is 4.74 Å². The molecule has 0 radical (unpaired) electrons. The summed E-state index contributed by atoms with van der Waals surface area (Å²) in [6.45, 7) is 7.95. The first kappa shape index (κ1) is 9.28. The molecule has 0 aliphatic rings. The number of hydrogen-bond acceptors (Lipinski definition) is 1. The molecule has 0 amide bonds. The van der Waals surface area contributed by atoms with Gasteiger partial charge in [0.15, 0.2) is 0 Å². The van der Waals surface area contributed by atoms with Crippen LogP contribution in [0, 0.1) is 0 Å². The monoisotopic (exact) mass is 140 g/mol. The van der Waals surface area contributed by atoms with Crippen LogP contribution in [0.25, 0.3) is 0 Å². The highest BCUT2D eigenvalue weighted by atomic mass is 16.5. The number of rotatable bonds is 4. The predicted molar refractivity (Wildman–Crippen MR) is 44.8 cm³/mol. The molecule has 0 aromatic rings. The third kappa shape index (κ3) is 4.19. The summed E-state index contributed by atoms with van der Waals surface area (Å²) in [7, 11) is 1.67. The Kier molecular flexibility index (Phi) is 4.73. The first-order valence-corrected chi connectivity index (χ1v) is 3.60. The summed E-state index contributed by atoms with van der Waals surface area (Å²) in [5.74, 6) is 0.929. The Morgan fingerprint density at radius 3 is 2.60 bits per heavy atom. The minimum Gasteiger partial charge on any atom is -0.501 e. The molecule has 1 heteroatoms. The molecule has 58 valence electrons. The van der Waals surface area contributed by atoms with E-state index in [0.29, 0.717) is 0 Å². The van der Waals surface area contributed by atoms with Crippen LogP contribution in [0.2, 0.25) is 0 Å². The second-order valence-electron chi connectivity index (χ2n) is 2.37. The highest BCUT2D eigenvalue weighted by Crippen LogP contribution is 2.06. The van der Waals surface area contributed by atoms with E-state index in [2.05, 4.69) is 13.5 Å². The standard InChI is InChI=1S/C9H16O/c1-5-6-8(2)7-9(3)10-4/h7H,2,5-6H2,1,3-4H3/b9-7+. The lowest BCUT2D eigenvalue weighted by atomic mass is 10.1. The number of allylic oxidation sites excluding steroid dienone is 3. The normalized spacial score (nSPS) is 11.3. The zero-order valence-electron chi connectivity index (χ0n) is 7.11. The van der Waals surface area contributed by atoms with Gasteiger partial charge in [0.25, 0.3) is 0 Å². The molecule has 0 aromatic heterocycles. The van der Waals surface area contributed by atoms with Gasteiger partial charge >= 0.3 is 0 Å². The molecule has 0 fully saturated rings. The molecule has 0 bridgehead atoms. The van der Waals surface area contributed by atoms with Gasteiger partial charge in [-0.05, 0) is 19.4 Å². The van der Waals surface area contributed by atoms with Gasteiger partial charge in [-0.2, -0.15) is 0 Å². The molecule has 0 unspecified atom stereocenters. The van der Waals surface area contributed by atoms with Crippen molar-refractivity contribution in [2.75, 3.05) is 7.11 Å². The van der Waals surface area contributed by atoms with E-state index in [9.17, 15) is 0 Å². The molecule has 0 saturated heterocycles. The SMILES string of the molecule is C=C(/C=C(\C)OC)CCC. The van der Waals surface area contributed by atoms with Crippen LogP contribution in [0.1, 0.15) is 26.7 Å². The van der Waals surface area contributed by atoms with Crippen LogP contribution in [0.15, 0.2) is 24.0 Å². The lowest BCUT2D eigenvalue weighted by molar-refractivity contribution is 0.293. The fourth-order valence-corrected chi connectivity index (χ4v) is 0.740. The Balaban J connectivity index is 3.75. The van der Waals surface area contributed by atoms with Crippen molar-refractivity contribution in [1.82, 2.24) is 0 Å². The minimum absolute atomic E-state index is 0.929. The van der Waals surface area contributed by atoms with Crippen LogP contribution in [0.5, 0.6) is 0 Å². The van der Waals surface area contributed by atoms with Gasteiger partial charge in [0.2, 0.25) is 0 Å².